The molecule has 1 saturated heterocycles. The van der Waals surface area contributed by atoms with E-state index in [1.54, 1.807) is 12.1 Å². The third-order valence-corrected chi connectivity index (χ3v) is 4.17. The summed E-state index contributed by atoms with van der Waals surface area (Å²) in [5.41, 5.74) is 0.407. The van der Waals surface area contributed by atoms with Gasteiger partial charge in [0.1, 0.15) is 0 Å². The number of hydrogen-bond acceptors (Lipinski definition) is 3. The number of thioether (sulfide) groups is 1. The molecule has 0 spiro atoms. The van der Waals surface area contributed by atoms with Crippen LogP contribution in [0.4, 0.5) is 0 Å². The summed E-state index contributed by atoms with van der Waals surface area (Å²) in [7, 11) is 0. The minimum absolute atomic E-state index is 0.0124. The van der Waals surface area contributed by atoms with Crippen LogP contribution in [0, 0.1) is 0 Å². The van der Waals surface area contributed by atoms with Gasteiger partial charge in [0.05, 0.1) is 16.1 Å². The molecular formula is C11H9Cl2NO2S. The molecule has 2 rings (SSSR count). The van der Waals surface area contributed by atoms with E-state index in [-0.39, 0.29) is 17.1 Å². The van der Waals surface area contributed by atoms with E-state index in [1.165, 1.54) is 17.8 Å². The van der Waals surface area contributed by atoms with Gasteiger partial charge in [0, 0.05) is 11.3 Å². The van der Waals surface area contributed by atoms with E-state index in [0.29, 0.717) is 22.0 Å². The summed E-state index contributed by atoms with van der Waals surface area (Å²) in [4.78, 5) is 23.2. The van der Waals surface area contributed by atoms with Crippen LogP contribution in [0.5, 0.6) is 0 Å². The van der Waals surface area contributed by atoms with Crippen LogP contribution in [0.1, 0.15) is 16.8 Å². The zero-order valence-electron chi connectivity index (χ0n) is 8.70. The molecule has 1 fully saturated rings. The maximum atomic E-state index is 11.8. The van der Waals surface area contributed by atoms with Crippen molar-refractivity contribution in [2.24, 2.45) is 0 Å². The van der Waals surface area contributed by atoms with E-state index in [1.807, 2.05) is 0 Å². The highest BCUT2D eigenvalue weighted by Gasteiger charge is 2.27. The van der Waals surface area contributed by atoms with E-state index in [0.717, 1.165) is 5.75 Å². The second kappa shape index (κ2) is 5.29. The predicted octanol–water partition coefficient (Wildman–Crippen LogP) is 2.76. The zero-order chi connectivity index (χ0) is 12.4. The van der Waals surface area contributed by atoms with Gasteiger partial charge in [-0.1, -0.05) is 35.0 Å². The number of nitrogens with one attached hydrogen (secondary N) is 1. The third kappa shape index (κ3) is 2.94. The first-order valence-corrected chi connectivity index (χ1v) is 6.74. The Hall–Kier alpha value is -0.710. The largest absolute Gasteiger partial charge is 0.341 e. The molecular weight excluding hydrogens is 281 g/mol. The number of halogens is 2. The van der Waals surface area contributed by atoms with Gasteiger partial charge in [0.2, 0.25) is 5.12 Å². The molecule has 1 atom stereocenters. The van der Waals surface area contributed by atoms with Crippen molar-refractivity contribution in [1.82, 2.24) is 5.32 Å². The van der Waals surface area contributed by atoms with Crippen molar-refractivity contribution in [2.45, 2.75) is 12.5 Å². The highest BCUT2D eigenvalue weighted by atomic mass is 35.5. The molecule has 0 radical (unpaired) electrons. The van der Waals surface area contributed by atoms with E-state index < -0.39 is 0 Å². The van der Waals surface area contributed by atoms with Crippen LogP contribution in [0.3, 0.4) is 0 Å². The van der Waals surface area contributed by atoms with Crippen LogP contribution in [-0.2, 0) is 4.79 Å². The topological polar surface area (TPSA) is 46.2 Å². The SMILES string of the molecule is O=C(N[C@H]1CCSC1=O)c1ccc(Cl)c(Cl)c1. The van der Waals surface area contributed by atoms with Crippen LogP contribution in [-0.4, -0.2) is 22.8 Å². The lowest BCUT2D eigenvalue weighted by Crippen LogP contribution is -2.37. The Morgan fingerprint density at radius 2 is 2.12 bits per heavy atom. The van der Waals surface area contributed by atoms with Gasteiger partial charge in [0.15, 0.2) is 0 Å². The van der Waals surface area contributed by atoms with Crippen molar-refractivity contribution in [2.75, 3.05) is 5.75 Å². The summed E-state index contributed by atoms with van der Waals surface area (Å²) in [6, 6.07) is 4.24. The highest BCUT2D eigenvalue weighted by Crippen LogP contribution is 2.23. The normalized spacial score (nSPS) is 19.4. The smallest absolute Gasteiger partial charge is 0.251 e. The van der Waals surface area contributed by atoms with Gasteiger partial charge in [0.25, 0.3) is 5.91 Å². The first-order chi connectivity index (χ1) is 8.08. The molecule has 1 aliphatic rings. The minimum Gasteiger partial charge on any atom is -0.341 e. The van der Waals surface area contributed by atoms with Crippen molar-refractivity contribution in [3.8, 4) is 0 Å². The molecule has 1 amide bonds. The average Bonchev–Trinajstić information content (AvgIpc) is 2.68. The number of carbonyl (C=O) groups is 2. The average molecular weight is 290 g/mol. The molecule has 0 aliphatic carbocycles. The van der Waals surface area contributed by atoms with Gasteiger partial charge in [-0.3, -0.25) is 9.59 Å². The Morgan fingerprint density at radius 3 is 2.71 bits per heavy atom. The molecule has 1 aliphatic heterocycles. The quantitative estimate of drug-likeness (QED) is 0.911. The van der Waals surface area contributed by atoms with Gasteiger partial charge >= 0.3 is 0 Å². The molecule has 0 aromatic heterocycles. The molecule has 1 N–H and O–H groups in total. The number of rotatable bonds is 2. The van der Waals surface area contributed by atoms with Crippen LogP contribution in [0.2, 0.25) is 10.0 Å². The maximum Gasteiger partial charge on any atom is 0.251 e. The molecule has 1 aromatic rings. The van der Waals surface area contributed by atoms with E-state index >= 15 is 0 Å². The standard InChI is InChI=1S/C11H9Cl2NO2S/c12-7-2-1-6(5-8(7)13)10(15)14-9-3-4-17-11(9)16/h1-2,5,9H,3-4H2,(H,14,15)/t9-/m0/s1. The van der Waals surface area contributed by atoms with Crippen LogP contribution >= 0.6 is 35.0 Å². The van der Waals surface area contributed by atoms with E-state index in [4.69, 9.17) is 23.2 Å². The minimum atomic E-state index is -0.387. The van der Waals surface area contributed by atoms with Crippen LogP contribution < -0.4 is 5.32 Å². The Labute approximate surface area is 113 Å². The Kier molecular flexibility index (Phi) is 3.97. The van der Waals surface area contributed by atoms with Crippen molar-refractivity contribution >= 4 is 46.0 Å². The lowest BCUT2D eigenvalue weighted by Gasteiger charge is -2.10. The zero-order valence-corrected chi connectivity index (χ0v) is 11.0. The van der Waals surface area contributed by atoms with Gasteiger partial charge in [-0.25, -0.2) is 0 Å². The van der Waals surface area contributed by atoms with E-state index in [9.17, 15) is 9.59 Å². The summed E-state index contributed by atoms with van der Waals surface area (Å²) in [5.74, 6) is 0.454. The molecule has 0 saturated carbocycles. The summed E-state index contributed by atoms with van der Waals surface area (Å²) < 4.78 is 0. The van der Waals surface area contributed by atoms with Gasteiger partial charge < -0.3 is 5.32 Å². The first kappa shape index (κ1) is 12.7. The van der Waals surface area contributed by atoms with Gasteiger partial charge in [-0.2, -0.15) is 0 Å². The maximum absolute atomic E-state index is 11.8. The summed E-state index contributed by atoms with van der Waals surface area (Å²) >= 11 is 12.8. The van der Waals surface area contributed by atoms with Crippen molar-refractivity contribution in [1.29, 1.82) is 0 Å². The van der Waals surface area contributed by atoms with Crippen molar-refractivity contribution in [3.63, 3.8) is 0 Å². The molecule has 0 bridgehead atoms. The fraction of sp³-hybridized carbons (Fsp3) is 0.273. The predicted molar refractivity (Wildman–Crippen MR) is 69.8 cm³/mol. The summed E-state index contributed by atoms with van der Waals surface area (Å²) in [5, 5.41) is 3.42. The van der Waals surface area contributed by atoms with Crippen molar-refractivity contribution < 1.29 is 9.59 Å². The molecule has 3 nitrogen and oxygen atoms in total. The van der Waals surface area contributed by atoms with Crippen molar-refractivity contribution in [3.05, 3.63) is 33.8 Å². The summed E-state index contributed by atoms with van der Waals surface area (Å²) in [6.45, 7) is 0. The first-order valence-electron chi connectivity index (χ1n) is 5.00. The number of amides is 1. The number of benzene rings is 1. The highest BCUT2D eigenvalue weighted by molar-refractivity contribution is 8.14. The second-order valence-electron chi connectivity index (χ2n) is 3.61. The lowest BCUT2D eigenvalue weighted by atomic mass is 10.2. The molecule has 0 unspecified atom stereocenters. The number of hydrogen-bond donors (Lipinski definition) is 1. The fourth-order valence-electron chi connectivity index (χ4n) is 1.51. The molecule has 90 valence electrons. The third-order valence-electron chi connectivity index (χ3n) is 2.42. The summed E-state index contributed by atoms with van der Waals surface area (Å²) in [6.07, 6.45) is 0.677. The number of carbonyl (C=O) groups excluding carboxylic acids is 2. The van der Waals surface area contributed by atoms with Crippen LogP contribution in [0.25, 0.3) is 0 Å². The molecule has 1 heterocycles. The van der Waals surface area contributed by atoms with Gasteiger partial charge in [-0.15, -0.1) is 0 Å². The lowest BCUT2D eigenvalue weighted by molar-refractivity contribution is -0.112. The van der Waals surface area contributed by atoms with E-state index in [2.05, 4.69) is 5.32 Å². The van der Waals surface area contributed by atoms with Gasteiger partial charge in [-0.05, 0) is 24.6 Å². The molecule has 17 heavy (non-hydrogen) atoms. The Morgan fingerprint density at radius 1 is 1.35 bits per heavy atom. The Balaban J connectivity index is 2.09. The monoisotopic (exact) mass is 289 g/mol. The molecule has 1 aromatic carbocycles. The van der Waals surface area contributed by atoms with Crippen LogP contribution in [0.15, 0.2) is 18.2 Å². The Bertz CT molecular complexity index is 479. The fourth-order valence-corrected chi connectivity index (χ4v) is 2.74. The second-order valence-corrected chi connectivity index (χ2v) is 5.52. The molecule has 6 heteroatoms.